The van der Waals surface area contributed by atoms with Gasteiger partial charge in [0, 0.05) is 32.7 Å². The number of hydrogen-bond acceptors (Lipinski definition) is 2. The van der Waals surface area contributed by atoms with Crippen molar-refractivity contribution in [3.63, 3.8) is 0 Å². The predicted octanol–water partition coefficient (Wildman–Crippen LogP) is 4.11. The summed E-state index contributed by atoms with van der Waals surface area (Å²) in [5, 5.41) is 0. The molecule has 1 radical (unpaired) electrons. The maximum atomic E-state index is 12.7. The van der Waals surface area contributed by atoms with E-state index >= 15 is 0 Å². The number of nitrogens with zero attached hydrogens (tertiary/aromatic N) is 1. The number of pyridine rings is 1. The van der Waals surface area contributed by atoms with Crippen molar-refractivity contribution in [2.45, 2.75) is 13.0 Å². The van der Waals surface area contributed by atoms with E-state index in [0.29, 0.717) is 15.8 Å². The summed E-state index contributed by atoms with van der Waals surface area (Å²) in [4.78, 5) is 12.1. The van der Waals surface area contributed by atoms with Crippen molar-refractivity contribution in [2.75, 3.05) is 7.11 Å². The van der Waals surface area contributed by atoms with Gasteiger partial charge in [-0.05, 0) is 21.1 Å². The van der Waals surface area contributed by atoms with Crippen molar-refractivity contribution >= 4 is 31.9 Å². The Kier molecular flexibility index (Phi) is 7.85. The van der Waals surface area contributed by atoms with E-state index in [4.69, 9.17) is 4.74 Å². The van der Waals surface area contributed by atoms with Crippen molar-refractivity contribution in [3.05, 3.63) is 49.6 Å². The van der Waals surface area contributed by atoms with Crippen LogP contribution in [0.25, 0.3) is 11.3 Å². The maximum Gasteiger partial charge on any atom is 0.256 e. The van der Waals surface area contributed by atoms with E-state index in [-0.39, 0.29) is 42.9 Å². The van der Waals surface area contributed by atoms with Crippen LogP contribution in [0.3, 0.4) is 0 Å². The first-order valence-electron chi connectivity index (χ1n) is 5.87. The minimum absolute atomic E-state index is 0. The number of alkyl halides is 2. The minimum atomic E-state index is -2.64. The first-order chi connectivity index (χ1) is 9.93. The summed E-state index contributed by atoms with van der Waals surface area (Å²) < 4.78 is 32.4. The Bertz CT molecular complexity index is 722. The van der Waals surface area contributed by atoms with Gasteiger partial charge in [0.25, 0.3) is 6.43 Å². The molecule has 0 unspecified atom stereocenters. The van der Waals surface area contributed by atoms with Crippen molar-refractivity contribution in [1.29, 1.82) is 0 Å². The van der Waals surface area contributed by atoms with E-state index in [1.807, 2.05) is 0 Å². The number of benzene rings is 1. The van der Waals surface area contributed by atoms with Gasteiger partial charge in [-0.25, -0.2) is 8.78 Å². The van der Waals surface area contributed by atoms with Crippen LogP contribution in [0.5, 0.6) is 5.75 Å². The van der Waals surface area contributed by atoms with Gasteiger partial charge in [0.05, 0.1) is 13.7 Å². The number of halogens is 4. The molecule has 2 rings (SSSR count). The molecule has 1 aromatic carbocycles. The van der Waals surface area contributed by atoms with Crippen molar-refractivity contribution in [2.24, 2.45) is 0 Å². The first kappa shape index (κ1) is 19.9. The Hall–Kier alpha value is -0.106. The summed E-state index contributed by atoms with van der Waals surface area (Å²) >= 11 is 6.40. The molecule has 0 amide bonds. The normalized spacial score (nSPS) is 10.5. The summed E-state index contributed by atoms with van der Waals surface area (Å²) in [6, 6.07) is 9.35. The quantitative estimate of drug-likeness (QED) is 0.580. The molecule has 1 aromatic heterocycles. The Morgan fingerprint density at radius 2 is 2.00 bits per heavy atom. The fourth-order valence-electron chi connectivity index (χ4n) is 1.85. The second kappa shape index (κ2) is 8.66. The monoisotopic (exact) mass is 509 g/mol. The van der Waals surface area contributed by atoms with E-state index in [1.165, 1.54) is 13.2 Å². The molecule has 0 aliphatic carbocycles. The van der Waals surface area contributed by atoms with Crippen molar-refractivity contribution in [3.8, 4) is 17.0 Å². The fraction of sp³-hybridized carbons (Fsp3) is 0.214. The molecule has 22 heavy (non-hydrogen) atoms. The van der Waals surface area contributed by atoms with Crippen LogP contribution in [0.2, 0.25) is 0 Å². The molecule has 0 saturated heterocycles. The van der Waals surface area contributed by atoms with Gasteiger partial charge in [-0.3, -0.25) is 4.79 Å². The standard InChI is InChI=1S/C14H10Br2F2NO2.Y/c1-21-8-2-3-9(11(16)6-8)12-5-4-10(15)14(20)19(12)7-13(17)18;/h2-4,6,13H,7H2,1H3;/q-1;. The molecule has 115 valence electrons. The van der Waals surface area contributed by atoms with E-state index in [9.17, 15) is 13.6 Å². The molecule has 0 N–H and O–H groups in total. The van der Waals surface area contributed by atoms with Gasteiger partial charge >= 0.3 is 0 Å². The molecule has 0 aliphatic heterocycles. The Morgan fingerprint density at radius 1 is 1.32 bits per heavy atom. The first-order valence-corrected chi connectivity index (χ1v) is 7.45. The van der Waals surface area contributed by atoms with Gasteiger partial charge in [-0.1, -0.05) is 27.2 Å². The Morgan fingerprint density at radius 3 is 2.55 bits per heavy atom. The zero-order valence-corrected chi connectivity index (χ0v) is 17.5. The van der Waals surface area contributed by atoms with Crippen molar-refractivity contribution < 1.29 is 46.2 Å². The topological polar surface area (TPSA) is 31.2 Å². The molecule has 0 fully saturated rings. The summed E-state index contributed by atoms with van der Waals surface area (Å²) in [6.45, 7) is -0.692. The van der Waals surface area contributed by atoms with Crippen LogP contribution < -0.4 is 10.3 Å². The SMILES string of the molecule is COc1ccc(-c2[c-]cc(Br)c(=O)n2CC(F)F)c(Br)c1.[Y]. The van der Waals surface area contributed by atoms with Crippen LogP contribution in [-0.2, 0) is 39.3 Å². The molecule has 8 heteroatoms. The zero-order chi connectivity index (χ0) is 15.6. The second-order valence-corrected chi connectivity index (χ2v) is 5.85. The van der Waals surface area contributed by atoms with Gasteiger partial charge in [0.1, 0.15) is 5.75 Å². The third-order valence-electron chi connectivity index (χ3n) is 2.81. The van der Waals surface area contributed by atoms with Crippen LogP contribution in [-0.4, -0.2) is 18.1 Å². The molecular formula is C14H10Br2F2NO2Y-. The Labute approximate surface area is 168 Å². The maximum absolute atomic E-state index is 12.7. The van der Waals surface area contributed by atoms with E-state index in [2.05, 4.69) is 37.9 Å². The summed E-state index contributed by atoms with van der Waals surface area (Å²) in [6.07, 6.45) is -2.64. The van der Waals surface area contributed by atoms with Crippen LogP contribution >= 0.6 is 31.9 Å². The average Bonchev–Trinajstić information content (AvgIpc) is 2.44. The molecule has 0 spiro atoms. The van der Waals surface area contributed by atoms with Gasteiger partial charge in [0.15, 0.2) is 0 Å². The molecule has 3 nitrogen and oxygen atoms in total. The summed E-state index contributed by atoms with van der Waals surface area (Å²) in [5.74, 6) is 0.616. The largest absolute Gasteiger partial charge is 0.497 e. The van der Waals surface area contributed by atoms with Crippen molar-refractivity contribution in [1.82, 2.24) is 4.57 Å². The summed E-state index contributed by atoms with van der Waals surface area (Å²) in [5.41, 5.74) is 0.353. The van der Waals surface area contributed by atoms with Gasteiger partial charge in [-0.15, -0.1) is 22.0 Å². The number of hydrogen-bond donors (Lipinski definition) is 0. The predicted molar refractivity (Wildman–Crippen MR) is 82.9 cm³/mol. The smallest absolute Gasteiger partial charge is 0.256 e. The fourth-order valence-corrected chi connectivity index (χ4v) is 2.73. The molecule has 1 heterocycles. The summed E-state index contributed by atoms with van der Waals surface area (Å²) in [7, 11) is 1.53. The number of methoxy groups -OCH3 is 1. The molecule has 0 bridgehead atoms. The number of rotatable bonds is 4. The number of aromatic nitrogens is 1. The zero-order valence-electron chi connectivity index (χ0n) is 11.4. The van der Waals surface area contributed by atoms with Crippen LogP contribution in [0, 0.1) is 6.07 Å². The molecule has 0 aliphatic rings. The minimum Gasteiger partial charge on any atom is -0.497 e. The molecule has 0 atom stereocenters. The van der Waals surface area contributed by atoms with Gasteiger partial charge in [0.2, 0.25) is 5.56 Å². The van der Waals surface area contributed by atoms with E-state index < -0.39 is 18.5 Å². The number of ether oxygens (including phenoxy) is 1. The second-order valence-electron chi connectivity index (χ2n) is 4.14. The molecule has 2 aromatic rings. The van der Waals surface area contributed by atoms with Crippen LogP contribution in [0.1, 0.15) is 0 Å². The average molecular weight is 511 g/mol. The van der Waals surface area contributed by atoms with Gasteiger partial charge < -0.3 is 9.30 Å². The van der Waals surface area contributed by atoms with Crippen LogP contribution in [0.15, 0.2) is 38.0 Å². The van der Waals surface area contributed by atoms with Gasteiger partial charge in [-0.2, -0.15) is 12.1 Å². The third kappa shape index (κ3) is 4.46. The molecule has 0 saturated carbocycles. The van der Waals surface area contributed by atoms with Crippen LogP contribution in [0.4, 0.5) is 8.78 Å². The Balaban J connectivity index is 0.00000242. The van der Waals surface area contributed by atoms with E-state index in [0.717, 1.165) is 4.57 Å². The third-order valence-corrected chi connectivity index (χ3v) is 4.03. The van der Waals surface area contributed by atoms with E-state index in [1.54, 1.807) is 18.2 Å². The molecular weight excluding hydrogens is 501 g/mol.